The predicted molar refractivity (Wildman–Crippen MR) is 66.9 cm³/mol. The Hall–Kier alpha value is -1.40. The Labute approximate surface area is 107 Å². The molecule has 0 unspecified atom stereocenters. The summed E-state index contributed by atoms with van der Waals surface area (Å²) in [5, 5.41) is 2.86. The number of aryl methyl sites for hydroxylation is 1. The maximum Gasteiger partial charge on any atom is 0.250 e. The molecule has 1 fully saturated rings. The van der Waals surface area contributed by atoms with Crippen LogP contribution in [0.3, 0.4) is 0 Å². The van der Waals surface area contributed by atoms with Crippen molar-refractivity contribution in [3.8, 4) is 0 Å². The summed E-state index contributed by atoms with van der Waals surface area (Å²) in [6.07, 6.45) is 3.31. The molecule has 1 aromatic heterocycles. The molecule has 2 heterocycles. The van der Waals surface area contributed by atoms with Crippen molar-refractivity contribution in [2.24, 2.45) is 7.05 Å². The number of morpholine rings is 1. The Morgan fingerprint density at radius 3 is 2.94 bits per heavy atom. The molecule has 0 radical (unpaired) electrons. The van der Waals surface area contributed by atoms with Crippen molar-refractivity contribution in [1.29, 1.82) is 0 Å². The van der Waals surface area contributed by atoms with Crippen molar-refractivity contribution in [2.75, 3.05) is 20.1 Å². The first kappa shape index (κ1) is 13.0. The summed E-state index contributed by atoms with van der Waals surface area (Å²) < 4.78 is 7.49. The number of nitrogens with zero attached hydrogens (tertiary/aromatic N) is 3. The van der Waals surface area contributed by atoms with Crippen LogP contribution in [0.15, 0.2) is 12.5 Å². The Bertz CT molecular complexity index is 408. The maximum atomic E-state index is 12.0. The number of imidazole rings is 1. The van der Waals surface area contributed by atoms with Crippen LogP contribution < -0.4 is 5.32 Å². The van der Waals surface area contributed by atoms with Crippen molar-refractivity contribution in [3.63, 3.8) is 0 Å². The van der Waals surface area contributed by atoms with Gasteiger partial charge in [0.1, 0.15) is 6.10 Å². The second-order valence-electron chi connectivity index (χ2n) is 4.90. The van der Waals surface area contributed by atoms with E-state index in [0.717, 1.165) is 12.2 Å². The number of hydrogen-bond acceptors (Lipinski definition) is 4. The number of hydrogen-bond donors (Lipinski definition) is 1. The molecule has 18 heavy (non-hydrogen) atoms. The van der Waals surface area contributed by atoms with Gasteiger partial charge in [0, 0.05) is 26.3 Å². The molecule has 1 aliphatic heterocycles. The van der Waals surface area contributed by atoms with Crippen LogP contribution in [0.25, 0.3) is 0 Å². The van der Waals surface area contributed by atoms with E-state index in [2.05, 4.69) is 15.2 Å². The van der Waals surface area contributed by atoms with E-state index < -0.39 is 0 Å². The number of rotatable bonds is 3. The highest BCUT2D eigenvalue weighted by molar-refractivity contribution is 5.81. The minimum Gasteiger partial charge on any atom is -0.363 e. The lowest BCUT2D eigenvalue weighted by molar-refractivity contribution is -0.144. The highest BCUT2D eigenvalue weighted by Gasteiger charge is 2.28. The van der Waals surface area contributed by atoms with Gasteiger partial charge < -0.3 is 19.5 Å². The number of likely N-dealkylation sites (N-methyl/N-ethyl adjacent to an activating group) is 1. The molecule has 0 bridgehead atoms. The van der Waals surface area contributed by atoms with Crippen LogP contribution in [0.5, 0.6) is 0 Å². The minimum atomic E-state index is -0.387. The molecule has 0 aliphatic carbocycles. The van der Waals surface area contributed by atoms with E-state index in [1.165, 1.54) is 0 Å². The van der Waals surface area contributed by atoms with Gasteiger partial charge >= 0.3 is 0 Å². The standard InChI is InChI=1S/C12H20N4O2/c1-9-5-15(2)7-11(18-9)12(17)13-4-10-6-16(3)8-14-10/h6,8-9,11H,4-5,7H2,1-3H3,(H,13,17)/t9-,11-/m1/s1. The fraction of sp³-hybridized carbons (Fsp3) is 0.667. The molecule has 6 nitrogen and oxygen atoms in total. The third-order valence-electron chi connectivity index (χ3n) is 2.94. The summed E-state index contributed by atoms with van der Waals surface area (Å²) in [5.74, 6) is -0.0703. The van der Waals surface area contributed by atoms with E-state index >= 15 is 0 Å². The van der Waals surface area contributed by atoms with Crippen LogP contribution in [-0.4, -0.2) is 52.7 Å². The average molecular weight is 252 g/mol. The van der Waals surface area contributed by atoms with Gasteiger partial charge in [-0.25, -0.2) is 4.98 Å². The lowest BCUT2D eigenvalue weighted by Gasteiger charge is -2.33. The van der Waals surface area contributed by atoms with Gasteiger partial charge in [-0.15, -0.1) is 0 Å². The predicted octanol–water partition coefficient (Wildman–Crippen LogP) is -0.245. The second kappa shape index (κ2) is 5.49. The fourth-order valence-electron chi connectivity index (χ4n) is 2.16. The van der Waals surface area contributed by atoms with Gasteiger partial charge in [0.2, 0.25) is 0 Å². The summed E-state index contributed by atoms with van der Waals surface area (Å²) in [5.41, 5.74) is 0.850. The van der Waals surface area contributed by atoms with Gasteiger partial charge in [-0.05, 0) is 14.0 Å². The Balaban J connectivity index is 1.84. The second-order valence-corrected chi connectivity index (χ2v) is 4.90. The quantitative estimate of drug-likeness (QED) is 0.806. The van der Waals surface area contributed by atoms with E-state index in [1.54, 1.807) is 6.33 Å². The third-order valence-corrected chi connectivity index (χ3v) is 2.94. The molecule has 2 atom stereocenters. The highest BCUT2D eigenvalue weighted by Crippen LogP contribution is 2.09. The van der Waals surface area contributed by atoms with Crippen LogP contribution in [0.2, 0.25) is 0 Å². The van der Waals surface area contributed by atoms with Gasteiger partial charge in [0.25, 0.3) is 5.91 Å². The van der Waals surface area contributed by atoms with Gasteiger partial charge in [-0.3, -0.25) is 4.79 Å². The molecule has 2 rings (SSSR count). The largest absolute Gasteiger partial charge is 0.363 e. The first-order valence-electron chi connectivity index (χ1n) is 6.13. The van der Waals surface area contributed by atoms with Crippen molar-refractivity contribution in [1.82, 2.24) is 19.8 Å². The monoisotopic (exact) mass is 252 g/mol. The number of nitrogens with one attached hydrogen (secondary N) is 1. The zero-order valence-corrected chi connectivity index (χ0v) is 11.1. The van der Waals surface area contributed by atoms with Crippen LogP contribution in [0.4, 0.5) is 0 Å². The van der Waals surface area contributed by atoms with Crippen molar-refractivity contribution >= 4 is 5.91 Å². The van der Waals surface area contributed by atoms with Gasteiger partial charge in [0.05, 0.1) is 24.7 Å². The molecular formula is C12H20N4O2. The van der Waals surface area contributed by atoms with Gasteiger partial charge in [-0.2, -0.15) is 0 Å². The molecule has 1 aliphatic rings. The number of amides is 1. The molecule has 0 spiro atoms. The molecular weight excluding hydrogens is 232 g/mol. The Morgan fingerprint density at radius 1 is 1.56 bits per heavy atom. The van der Waals surface area contributed by atoms with E-state index in [9.17, 15) is 4.79 Å². The van der Waals surface area contributed by atoms with Crippen LogP contribution in [-0.2, 0) is 23.1 Å². The smallest absolute Gasteiger partial charge is 0.250 e. The van der Waals surface area contributed by atoms with Gasteiger partial charge in [-0.1, -0.05) is 0 Å². The lowest BCUT2D eigenvalue weighted by atomic mass is 10.2. The molecule has 1 aromatic rings. The van der Waals surface area contributed by atoms with Crippen molar-refractivity contribution < 1.29 is 9.53 Å². The SMILES string of the molecule is C[C@@H]1CN(C)C[C@H](C(=O)NCc2cn(C)cn2)O1. The summed E-state index contributed by atoms with van der Waals surface area (Å²) in [7, 11) is 3.90. The van der Waals surface area contributed by atoms with Crippen LogP contribution in [0, 0.1) is 0 Å². The average Bonchev–Trinajstić information content (AvgIpc) is 2.70. The highest BCUT2D eigenvalue weighted by atomic mass is 16.5. The number of carbonyl (C=O) groups excluding carboxylic acids is 1. The molecule has 1 N–H and O–H groups in total. The molecule has 100 valence electrons. The molecule has 0 aromatic carbocycles. The normalized spacial score (nSPS) is 25.1. The zero-order valence-electron chi connectivity index (χ0n) is 11.1. The summed E-state index contributed by atoms with van der Waals surface area (Å²) in [6.45, 7) is 3.93. The van der Waals surface area contributed by atoms with E-state index in [0.29, 0.717) is 13.1 Å². The molecule has 1 saturated heterocycles. The topological polar surface area (TPSA) is 59.4 Å². The summed E-state index contributed by atoms with van der Waals surface area (Å²) in [6, 6.07) is 0. The number of ether oxygens (including phenoxy) is 1. The summed E-state index contributed by atoms with van der Waals surface area (Å²) in [4.78, 5) is 18.2. The molecule has 6 heteroatoms. The zero-order chi connectivity index (χ0) is 13.1. The summed E-state index contributed by atoms with van der Waals surface area (Å²) >= 11 is 0. The first-order chi connectivity index (χ1) is 8.54. The first-order valence-corrected chi connectivity index (χ1v) is 6.13. The lowest BCUT2D eigenvalue weighted by Crippen LogP contribution is -2.51. The molecule has 0 saturated carbocycles. The van der Waals surface area contributed by atoms with Gasteiger partial charge in [0.15, 0.2) is 0 Å². The maximum absolute atomic E-state index is 12.0. The van der Waals surface area contributed by atoms with E-state index in [4.69, 9.17) is 4.74 Å². The van der Waals surface area contributed by atoms with E-state index in [1.807, 2.05) is 31.8 Å². The fourth-order valence-corrected chi connectivity index (χ4v) is 2.16. The minimum absolute atomic E-state index is 0.0703. The van der Waals surface area contributed by atoms with Crippen LogP contribution in [0.1, 0.15) is 12.6 Å². The number of carbonyl (C=O) groups is 1. The van der Waals surface area contributed by atoms with E-state index in [-0.39, 0.29) is 18.1 Å². The Kier molecular flexibility index (Phi) is 3.98. The van der Waals surface area contributed by atoms with Crippen molar-refractivity contribution in [3.05, 3.63) is 18.2 Å². The van der Waals surface area contributed by atoms with Crippen LogP contribution >= 0.6 is 0 Å². The van der Waals surface area contributed by atoms with Crippen molar-refractivity contribution in [2.45, 2.75) is 25.7 Å². The Morgan fingerprint density at radius 2 is 2.33 bits per heavy atom. The third kappa shape index (κ3) is 3.30. The molecule has 1 amide bonds. The number of aromatic nitrogens is 2.